The van der Waals surface area contributed by atoms with Gasteiger partial charge in [-0.15, -0.1) is 0 Å². The SMILES string of the molecule is CCOc1ccccc1C(=O)N[C@H](C(=O)Nc1ccc2c(c1)CCC2)C(C)C. The molecule has 2 amide bonds. The van der Waals surface area contributed by atoms with E-state index >= 15 is 0 Å². The average Bonchev–Trinajstić information content (AvgIpc) is 3.14. The number of benzene rings is 2. The van der Waals surface area contributed by atoms with E-state index in [2.05, 4.69) is 16.7 Å². The van der Waals surface area contributed by atoms with Gasteiger partial charge in [-0.2, -0.15) is 0 Å². The minimum atomic E-state index is -0.643. The number of nitrogens with one attached hydrogen (secondary N) is 2. The molecule has 5 nitrogen and oxygen atoms in total. The van der Waals surface area contributed by atoms with Gasteiger partial charge < -0.3 is 15.4 Å². The molecule has 0 saturated heterocycles. The maximum absolute atomic E-state index is 12.9. The molecule has 1 aliphatic rings. The van der Waals surface area contributed by atoms with Crippen molar-refractivity contribution in [2.24, 2.45) is 5.92 Å². The fourth-order valence-corrected chi connectivity index (χ4v) is 3.56. The Kier molecular flexibility index (Phi) is 6.34. The third kappa shape index (κ3) is 4.53. The predicted molar refractivity (Wildman–Crippen MR) is 111 cm³/mol. The summed E-state index contributed by atoms with van der Waals surface area (Å²) in [6.45, 7) is 6.18. The summed E-state index contributed by atoms with van der Waals surface area (Å²) in [4.78, 5) is 25.7. The summed E-state index contributed by atoms with van der Waals surface area (Å²) in [5.41, 5.74) is 3.87. The van der Waals surface area contributed by atoms with E-state index < -0.39 is 6.04 Å². The van der Waals surface area contributed by atoms with Gasteiger partial charge in [-0.25, -0.2) is 0 Å². The molecule has 0 heterocycles. The number of aryl methyl sites for hydroxylation is 2. The van der Waals surface area contributed by atoms with Crippen LogP contribution in [0.5, 0.6) is 5.75 Å². The summed E-state index contributed by atoms with van der Waals surface area (Å²) in [5, 5.41) is 5.84. The largest absolute Gasteiger partial charge is 0.493 e. The van der Waals surface area contributed by atoms with E-state index in [1.54, 1.807) is 18.2 Å². The Bertz CT molecular complexity index is 861. The van der Waals surface area contributed by atoms with Gasteiger partial charge in [-0.1, -0.05) is 32.0 Å². The third-order valence-electron chi connectivity index (χ3n) is 5.03. The Morgan fingerprint density at radius 2 is 1.82 bits per heavy atom. The van der Waals surface area contributed by atoms with Crippen molar-refractivity contribution in [3.8, 4) is 5.75 Å². The smallest absolute Gasteiger partial charge is 0.255 e. The molecular formula is C23H28N2O3. The topological polar surface area (TPSA) is 67.4 Å². The van der Waals surface area contributed by atoms with Crippen LogP contribution in [0.4, 0.5) is 5.69 Å². The molecule has 148 valence electrons. The summed E-state index contributed by atoms with van der Waals surface area (Å²) in [5.74, 6) is -0.0660. The van der Waals surface area contributed by atoms with Crippen molar-refractivity contribution in [1.29, 1.82) is 0 Å². The van der Waals surface area contributed by atoms with Crippen LogP contribution in [0.25, 0.3) is 0 Å². The predicted octanol–water partition coefficient (Wildman–Crippen LogP) is 3.97. The van der Waals surface area contributed by atoms with E-state index in [9.17, 15) is 9.59 Å². The van der Waals surface area contributed by atoms with Gasteiger partial charge in [-0.05, 0) is 67.5 Å². The first kappa shape index (κ1) is 19.9. The first-order valence-corrected chi connectivity index (χ1v) is 9.95. The van der Waals surface area contributed by atoms with Gasteiger partial charge in [0.15, 0.2) is 0 Å². The number of hydrogen-bond acceptors (Lipinski definition) is 3. The van der Waals surface area contributed by atoms with Crippen LogP contribution in [0, 0.1) is 5.92 Å². The Balaban J connectivity index is 1.72. The van der Waals surface area contributed by atoms with E-state index in [-0.39, 0.29) is 17.7 Å². The van der Waals surface area contributed by atoms with Gasteiger partial charge in [-0.3, -0.25) is 9.59 Å². The number of para-hydroxylation sites is 1. The molecule has 0 aromatic heterocycles. The zero-order valence-corrected chi connectivity index (χ0v) is 16.7. The van der Waals surface area contributed by atoms with Crippen molar-refractivity contribution in [2.75, 3.05) is 11.9 Å². The van der Waals surface area contributed by atoms with Crippen LogP contribution in [0.3, 0.4) is 0 Å². The maximum atomic E-state index is 12.9. The van der Waals surface area contributed by atoms with Gasteiger partial charge in [0, 0.05) is 5.69 Å². The molecule has 2 aromatic rings. The number of fused-ring (bicyclic) bond motifs is 1. The Hall–Kier alpha value is -2.82. The standard InChI is InChI=1S/C23H28N2O3/c1-4-28-20-11-6-5-10-19(20)22(26)25-21(15(2)3)23(27)24-18-13-12-16-8-7-9-17(16)14-18/h5-6,10-15,21H,4,7-9H2,1-3H3,(H,24,27)(H,25,26)/t21-/m0/s1. The molecule has 1 aliphatic carbocycles. The molecule has 0 saturated carbocycles. The monoisotopic (exact) mass is 380 g/mol. The van der Waals surface area contributed by atoms with Crippen LogP contribution in [0.15, 0.2) is 42.5 Å². The minimum absolute atomic E-state index is 0.0577. The fourth-order valence-electron chi connectivity index (χ4n) is 3.56. The lowest BCUT2D eigenvalue weighted by molar-refractivity contribution is -0.118. The molecule has 0 aliphatic heterocycles. The van der Waals surface area contributed by atoms with Gasteiger partial charge in [0.1, 0.15) is 11.8 Å². The van der Waals surface area contributed by atoms with Crippen molar-refractivity contribution in [3.63, 3.8) is 0 Å². The second-order valence-electron chi connectivity index (χ2n) is 7.45. The lowest BCUT2D eigenvalue weighted by Gasteiger charge is -2.22. The lowest BCUT2D eigenvalue weighted by atomic mass is 10.0. The number of carbonyl (C=O) groups is 2. The highest BCUT2D eigenvalue weighted by molar-refractivity contribution is 6.02. The molecule has 0 spiro atoms. The van der Waals surface area contributed by atoms with E-state index in [0.29, 0.717) is 17.9 Å². The molecule has 2 aromatic carbocycles. The Morgan fingerprint density at radius 3 is 2.57 bits per heavy atom. The van der Waals surface area contributed by atoms with Crippen LogP contribution < -0.4 is 15.4 Å². The molecule has 0 fully saturated rings. The van der Waals surface area contributed by atoms with Crippen molar-refractivity contribution in [1.82, 2.24) is 5.32 Å². The Morgan fingerprint density at radius 1 is 1.07 bits per heavy atom. The number of ether oxygens (including phenoxy) is 1. The van der Waals surface area contributed by atoms with Crippen molar-refractivity contribution in [2.45, 2.75) is 46.1 Å². The first-order chi connectivity index (χ1) is 13.5. The molecule has 0 unspecified atom stereocenters. The van der Waals surface area contributed by atoms with Crippen LogP contribution in [0.2, 0.25) is 0 Å². The van der Waals surface area contributed by atoms with E-state index in [1.807, 2.05) is 39.0 Å². The molecule has 0 bridgehead atoms. The van der Waals surface area contributed by atoms with Gasteiger partial charge in [0.2, 0.25) is 5.91 Å². The molecule has 28 heavy (non-hydrogen) atoms. The number of anilines is 1. The summed E-state index contributed by atoms with van der Waals surface area (Å²) in [6, 6.07) is 12.5. The normalized spacial score (nSPS) is 13.7. The van der Waals surface area contributed by atoms with Gasteiger partial charge >= 0.3 is 0 Å². The summed E-state index contributed by atoms with van der Waals surface area (Å²) in [7, 11) is 0. The quantitative estimate of drug-likeness (QED) is 0.764. The molecule has 2 N–H and O–H groups in total. The summed E-state index contributed by atoms with van der Waals surface area (Å²) >= 11 is 0. The second-order valence-corrected chi connectivity index (χ2v) is 7.45. The molecule has 1 atom stereocenters. The number of amides is 2. The molecule has 0 radical (unpaired) electrons. The first-order valence-electron chi connectivity index (χ1n) is 9.95. The van der Waals surface area contributed by atoms with Crippen LogP contribution >= 0.6 is 0 Å². The van der Waals surface area contributed by atoms with Crippen LogP contribution in [-0.2, 0) is 17.6 Å². The number of carbonyl (C=O) groups excluding carboxylic acids is 2. The molecular weight excluding hydrogens is 352 g/mol. The number of rotatable bonds is 7. The van der Waals surface area contributed by atoms with Gasteiger partial charge in [0.25, 0.3) is 5.91 Å². The zero-order chi connectivity index (χ0) is 20.1. The average molecular weight is 380 g/mol. The maximum Gasteiger partial charge on any atom is 0.255 e. The zero-order valence-electron chi connectivity index (χ0n) is 16.7. The van der Waals surface area contributed by atoms with Crippen molar-refractivity contribution >= 4 is 17.5 Å². The molecule has 5 heteroatoms. The number of hydrogen-bond donors (Lipinski definition) is 2. The third-order valence-corrected chi connectivity index (χ3v) is 5.03. The highest BCUT2D eigenvalue weighted by atomic mass is 16.5. The van der Waals surface area contributed by atoms with Gasteiger partial charge in [0.05, 0.1) is 12.2 Å². The highest BCUT2D eigenvalue weighted by Crippen LogP contribution is 2.25. The Labute approximate surface area is 166 Å². The van der Waals surface area contributed by atoms with Crippen molar-refractivity contribution < 1.29 is 14.3 Å². The van der Waals surface area contributed by atoms with Crippen LogP contribution in [0.1, 0.15) is 48.7 Å². The van der Waals surface area contributed by atoms with E-state index in [0.717, 1.165) is 24.9 Å². The van der Waals surface area contributed by atoms with Crippen molar-refractivity contribution in [3.05, 3.63) is 59.2 Å². The summed E-state index contributed by atoms with van der Waals surface area (Å²) < 4.78 is 5.54. The summed E-state index contributed by atoms with van der Waals surface area (Å²) in [6.07, 6.45) is 3.32. The minimum Gasteiger partial charge on any atom is -0.493 e. The lowest BCUT2D eigenvalue weighted by Crippen LogP contribution is -2.47. The highest BCUT2D eigenvalue weighted by Gasteiger charge is 2.26. The van der Waals surface area contributed by atoms with Crippen LogP contribution in [-0.4, -0.2) is 24.5 Å². The fraction of sp³-hybridized carbons (Fsp3) is 0.391. The molecule has 3 rings (SSSR count). The van der Waals surface area contributed by atoms with E-state index in [1.165, 1.54) is 11.1 Å². The van der Waals surface area contributed by atoms with E-state index in [4.69, 9.17) is 4.74 Å². The second kappa shape index (κ2) is 8.91.